The Morgan fingerprint density at radius 3 is 2.94 bits per heavy atom. The van der Waals surface area contributed by atoms with Crippen LogP contribution in [0.3, 0.4) is 0 Å². The van der Waals surface area contributed by atoms with Crippen LogP contribution in [0.4, 0.5) is 0 Å². The highest BCUT2D eigenvalue weighted by molar-refractivity contribution is 5.85. The Balaban J connectivity index is 0.00000256. The number of ether oxygens (including phenoxy) is 1. The van der Waals surface area contributed by atoms with E-state index in [2.05, 4.69) is 17.6 Å². The molecule has 0 bridgehead atoms. The number of rotatable bonds is 7. The molecule has 102 valence electrons. The topological polar surface area (TPSA) is 50.4 Å². The highest BCUT2D eigenvalue weighted by Crippen LogP contribution is 2.01. The van der Waals surface area contributed by atoms with Crippen LogP contribution < -0.4 is 10.6 Å². The summed E-state index contributed by atoms with van der Waals surface area (Å²) in [5.41, 5.74) is 0. The van der Waals surface area contributed by atoms with Crippen LogP contribution in [0.1, 0.15) is 39.0 Å². The van der Waals surface area contributed by atoms with Gasteiger partial charge in [0.05, 0.1) is 0 Å². The highest BCUT2D eigenvalue weighted by Gasteiger charge is 2.14. The molecule has 1 aliphatic rings. The Morgan fingerprint density at radius 1 is 1.47 bits per heavy atom. The van der Waals surface area contributed by atoms with Crippen molar-refractivity contribution in [3.63, 3.8) is 0 Å². The lowest BCUT2D eigenvalue weighted by Gasteiger charge is -2.23. The Labute approximate surface area is 110 Å². The van der Waals surface area contributed by atoms with E-state index in [1.54, 1.807) is 0 Å². The van der Waals surface area contributed by atoms with Crippen molar-refractivity contribution in [2.24, 2.45) is 0 Å². The fraction of sp³-hybridized carbons (Fsp3) is 0.917. The maximum absolute atomic E-state index is 11.5. The van der Waals surface area contributed by atoms with E-state index in [-0.39, 0.29) is 24.9 Å². The van der Waals surface area contributed by atoms with Crippen molar-refractivity contribution in [1.29, 1.82) is 0 Å². The molecule has 0 saturated carbocycles. The summed E-state index contributed by atoms with van der Waals surface area (Å²) < 4.78 is 5.31. The molecule has 1 saturated heterocycles. The molecule has 0 aromatic rings. The molecule has 0 aromatic heterocycles. The summed E-state index contributed by atoms with van der Waals surface area (Å²) in [6.45, 7) is 5.02. The first kappa shape index (κ1) is 16.7. The number of halogens is 1. The number of nitrogens with one attached hydrogen (secondary N) is 2. The molecule has 5 heteroatoms. The molecule has 1 fully saturated rings. The summed E-state index contributed by atoms with van der Waals surface area (Å²) in [5, 5.41) is 6.25. The van der Waals surface area contributed by atoms with Crippen molar-refractivity contribution in [1.82, 2.24) is 10.6 Å². The van der Waals surface area contributed by atoms with E-state index < -0.39 is 0 Å². The summed E-state index contributed by atoms with van der Waals surface area (Å²) in [4.78, 5) is 11.5. The second-order valence-electron chi connectivity index (χ2n) is 4.37. The lowest BCUT2D eigenvalue weighted by molar-refractivity contribution is -0.126. The van der Waals surface area contributed by atoms with Crippen molar-refractivity contribution in [2.75, 3.05) is 26.3 Å². The molecule has 2 N–H and O–H groups in total. The zero-order chi connectivity index (χ0) is 11.6. The Kier molecular flexibility index (Phi) is 10.6. The quantitative estimate of drug-likeness (QED) is 0.685. The second kappa shape index (κ2) is 10.8. The predicted molar refractivity (Wildman–Crippen MR) is 71.6 cm³/mol. The monoisotopic (exact) mass is 264 g/mol. The van der Waals surface area contributed by atoms with Gasteiger partial charge in [0.25, 0.3) is 0 Å². The number of hydrogen-bond donors (Lipinski definition) is 2. The lowest BCUT2D eigenvalue weighted by atomic mass is 10.1. The molecule has 1 heterocycles. The van der Waals surface area contributed by atoms with Gasteiger partial charge in [0.1, 0.15) is 6.61 Å². The standard InChI is InChI=1S/C12H24N2O2.ClH/c1-2-3-4-8-16-10-12(15)14-11-6-5-7-13-9-11;/h11,13H,2-10H2,1H3,(H,14,15);1H. The number of unbranched alkanes of at least 4 members (excludes halogenated alkanes) is 2. The van der Waals surface area contributed by atoms with Gasteiger partial charge in [0.2, 0.25) is 5.91 Å². The number of hydrogen-bond acceptors (Lipinski definition) is 3. The normalized spacial score (nSPS) is 19.5. The van der Waals surface area contributed by atoms with Crippen LogP contribution in [0.5, 0.6) is 0 Å². The van der Waals surface area contributed by atoms with E-state index in [0.29, 0.717) is 12.6 Å². The number of amides is 1. The van der Waals surface area contributed by atoms with Gasteiger partial charge in [-0.3, -0.25) is 4.79 Å². The van der Waals surface area contributed by atoms with Crippen molar-refractivity contribution in [2.45, 2.75) is 45.1 Å². The van der Waals surface area contributed by atoms with Crippen molar-refractivity contribution in [3.8, 4) is 0 Å². The average Bonchev–Trinajstić information content (AvgIpc) is 2.30. The zero-order valence-corrected chi connectivity index (χ0v) is 11.5. The van der Waals surface area contributed by atoms with Crippen LogP contribution in [0.2, 0.25) is 0 Å². The molecule has 1 amide bonds. The number of piperidine rings is 1. The highest BCUT2D eigenvalue weighted by atomic mass is 35.5. The summed E-state index contributed by atoms with van der Waals surface area (Å²) in [6, 6.07) is 0.292. The van der Waals surface area contributed by atoms with Gasteiger partial charge in [0, 0.05) is 19.2 Å². The first-order valence-electron chi connectivity index (χ1n) is 6.40. The van der Waals surface area contributed by atoms with Gasteiger partial charge in [-0.15, -0.1) is 12.4 Å². The number of carbonyl (C=O) groups is 1. The fourth-order valence-corrected chi connectivity index (χ4v) is 1.86. The smallest absolute Gasteiger partial charge is 0.246 e. The van der Waals surface area contributed by atoms with E-state index in [0.717, 1.165) is 32.4 Å². The Bertz CT molecular complexity index is 197. The molecule has 0 radical (unpaired) electrons. The van der Waals surface area contributed by atoms with Crippen molar-refractivity contribution >= 4 is 18.3 Å². The summed E-state index contributed by atoms with van der Waals surface area (Å²) >= 11 is 0. The number of carbonyl (C=O) groups excluding carboxylic acids is 1. The minimum Gasteiger partial charge on any atom is -0.372 e. The molecule has 1 unspecified atom stereocenters. The first-order chi connectivity index (χ1) is 7.83. The SMILES string of the molecule is CCCCCOCC(=O)NC1CCCNC1.Cl. The summed E-state index contributed by atoms with van der Waals surface area (Å²) in [7, 11) is 0. The minimum absolute atomic E-state index is 0. The molecule has 0 spiro atoms. The maximum Gasteiger partial charge on any atom is 0.246 e. The Hall–Kier alpha value is -0.320. The predicted octanol–water partition coefficient (Wildman–Crippen LogP) is 1.48. The van der Waals surface area contributed by atoms with Gasteiger partial charge in [-0.2, -0.15) is 0 Å². The minimum atomic E-state index is 0. The van der Waals surface area contributed by atoms with Gasteiger partial charge in [-0.25, -0.2) is 0 Å². The molecular formula is C12H25ClN2O2. The van der Waals surface area contributed by atoms with Gasteiger partial charge in [0.15, 0.2) is 0 Å². The van der Waals surface area contributed by atoms with Crippen LogP contribution >= 0.6 is 12.4 Å². The molecule has 4 nitrogen and oxygen atoms in total. The van der Waals surface area contributed by atoms with Crippen molar-refractivity contribution < 1.29 is 9.53 Å². The van der Waals surface area contributed by atoms with Crippen molar-refractivity contribution in [3.05, 3.63) is 0 Å². The lowest BCUT2D eigenvalue weighted by Crippen LogP contribution is -2.46. The first-order valence-corrected chi connectivity index (χ1v) is 6.40. The van der Waals surface area contributed by atoms with Crippen LogP contribution in [0.25, 0.3) is 0 Å². The van der Waals surface area contributed by atoms with E-state index in [9.17, 15) is 4.79 Å². The third kappa shape index (κ3) is 8.41. The zero-order valence-electron chi connectivity index (χ0n) is 10.7. The van der Waals surface area contributed by atoms with E-state index in [1.807, 2.05) is 0 Å². The van der Waals surface area contributed by atoms with E-state index in [1.165, 1.54) is 12.8 Å². The van der Waals surface area contributed by atoms with E-state index in [4.69, 9.17) is 4.74 Å². The van der Waals surface area contributed by atoms with Crippen LogP contribution in [0, 0.1) is 0 Å². The molecule has 1 atom stereocenters. The molecule has 0 aromatic carbocycles. The molecular weight excluding hydrogens is 240 g/mol. The van der Waals surface area contributed by atoms with Gasteiger partial charge in [-0.05, 0) is 25.8 Å². The molecule has 17 heavy (non-hydrogen) atoms. The summed E-state index contributed by atoms with van der Waals surface area (Å²) in [5.74, 6) is 0.0187. The summed E-state index contributed by atoms with van der Waals surface area (Å²) in [6.07, 6.45) is 5.63. The maximum atomic E-state index is 11.5. The van der Waals surface area contributed by atoms with Crippen LogP contribution in [0.15, 0.2) is 0 Å². The third-order valence-corrected chi connectivity index (χ3v) is 2.79. The Morgan fingerprint density at radius 2 is 2.29 bits per heavy atom. The van der Waals surface area contributed by atoms with Gasteiger partial charge in [-0.1, -0.05) is 19.8 Å². The largest absolute Gasteiger partial charge is 0.372 e. The molecule has 0 aliphatic carbocycles. The third-order valence-electron chi connectivity index (χ3n) is 2.79. The fourth-order valence-electron chi connectivity index (χ4n) is 1.86. The van der Waals surface area contributed by atoms with Gasteiger partial charge >= 0.3 is 0 Å². The average molecular weight is 265 g/mol. The van der Waals surface area contributed by atoms with Crippen LogP contribution in [-0.2, 0) is 9.53 Å². The molecule has 1 rings (SSSR count). The molecule has 1 aliphatic heterocycles. The van der Waals surface area contributed by atoms with E-state index >= 15 is 0 Å². The second-order valence-corrected chi connectivity index (χ2v) is 4.37. The van der Waals surface area contributed by atoms with Gasteiger partial charge < -0.3 is 15.4 Å². The van der Waals surface area contributed by atoms with Crippen LogP contribution in [-0.4, -0.2) is 38.3 Å².